The average molecular weight is 330 g/mol. The highest BCUT2D eigenvalue weighted by atomic mass is 16.5. The SMILES string of the molecule is CO[C@@H]1C[C@]2(C)[C@@H](C#N)CC[C@H]2[C@@H]2CC[C@H]3C[C@H](C)CC[C@]3(C)C21. The fourth-order valence-electron chi connectivity index (χ4n) is 8.00. The number of nitrogens with zero attached hydrogens (tertiary/aromatic N) is 1. The maximum Gasteiger partial charge on any atom is 0.0661 e. The van der Waals surface area contributed by atoms with E-state index in [1.165, 1.54) is 38.5 Å². The zero-order chi connectivity index (χ0) is 17.1. The Labute approximate surface area is 148 Å². The van der Waals surface area contributed by atoms with Gasteiger partial charge in [-0.2, -0.15) is 5.26 Å². The molecule has 0 bridgehead atoms. The molecule has 4 aliphatic carbocycles. The topological polar surface area (TPSA) is 33.0 Å². The van der Waals surface area contributed by atoms with Crippen molar-refractivity contribution in [2.24, 2.45) is 46.3 Å². The molecule has 0 N–H and O–H groups in total. The van der Waals surface area contributed by atoms with Gasteiger partial charge < -0.3 is 4.74 Å². The first kappa shape index (κ1) is 16.9. The Morgan fingerprint density at radius 1 is 1.04 bits per heavy atom. The third-order valence-electron chi connectivity index (χ3n) is 9.29. The number of ether oxygens (including phenoxy) is 1. The summed E-state index contributed by atoms with van der Waals surface area (Å²) in [5, 5.41) is 9.70. The van der Waals surface area contributed by atoms with Crippen molar-refractivity contribution < 1.29 is 4.74 Å². The van der Waals surface area contributed by atoms with E-state index in [1.807, 2.05) is 7.11 Å². The quantitative estimate of drug-likeness (QED) is 0.642. The largest absolute Gasteiger partial charge is 0.381 e. The minimum absolute atomic E-state index is 0.196. The zero-order valence-corrected chi connectivity index (χ0v) is 16.1. The number of hydrogen-bond donors (Lipinski definition) is 0. The van der Waals surface area contributed by atoms with Gasteiger partial charge in [-0.25, -0.2) is 0 Å². The van der Waals surface area contributed by atoms with Crippen molar-refractivity contribution in [2.75, 3.05) is 7.11 Å². The Morgan fingerprint density at radius 3 is 2.54 bits per heavy atom. The molecule has 0 radical (unpaired) electrons. The highest BCUT2D eigenvalue weighted by molar-refractivity contribution is 5.14. The Kier molecular flexibility index (Phi) is 4.03. The summed E-state index contributed by atoms with van der Waals surface area (Å²) in [6, 6.07) is 2.66. The van der Waals surface area contributed by atoms with Crippen molar-refractivity contribution in [1.29, 1.82) is 5.26 Å². The second-order valence-electron chi connectivity index (χ2n) is 10.2. The fraction of sp³-hybridized carbons (Fsp3) is 0.955. The van der Waals surface area contributed by atoms with Crippen LogP contribution in [0.25, 0.3) is 0 Å². The molecule has 9 atom stereocenters. The van der Waals surface area contributed by atoms with E-state index in [2.05, 4.69) is 26.8 Å². The third-order valence-corrected chi connectivity index (χ3v) is 9.29. The third kappa shape index (κ3) is 2.16. The Balaban J connectivity index is 1.70. The summed E-state index contributed by atoms with van der Waals surface area (Å²) < 4.78 is 6.16. The lowest BCUT2D eigenvalue weighted by molar-refractivity contribution is -0.178. The van der Waals surface area contributed by atoms with Gasteiger partial charge >= 0.3 is 0 Å². The first-order chi connectivity index (χ1) is 11.4. The van der Waals surface area contributed by atoms with Crippen LogP contribution in [0.3, 0.4) is 0 Å². The van der Waals surface area contributed by atoms with Gasteiger partial charge in [-0.15, -0.1) is 0 Å². The maximum atomic E-state index is 9.70. The Bertz CT molecular complexity index is 539. The van der Waals surface area contributed by atoms with E-state index in [-0.39, 0.29) is 11.3 Å². The Morgan fingerprint density at radius 2 is 1.83 bits per heavy atom. The van der Waals surface area contributed by atoms with Gasteiger partial charge in [-0.05, 0) is 85.4 Å². The Hall–Kier alpha value is -0.550. The van der Waals surface area contributed by atoms with Crippen molar-refractivity contribution in [3.05, 3.63) is 0 Å². The van der Waals surface area contributed by atoms with Gasteiger partial charge in [0.1, 0.15) is 0 Å². The predicted octanol–water partition coefficient (Wildman–Crippen LogP) is 5.43. The van der Waals surface area contributed by atoms with Crippen LogP contribution in [0, 0.1) is 57.7 Å². The number of fused-ring (bicyclic) bond motifs is 5. The standard InChI is InChI=1S/C22H35NO/c1-14-9-10-21(2)15(11-14)5-7-17-18-8-6-16(13-23)22(18,3)12-19(24-4)20(17)21/h14-20H,5-12H2,1-4H3/t14-,15+,16-,17+,18+,19-,20?,21+,22-/m1/s1. The molecule has 0 aromatic rings. The minimum Gasteiger partial charge on any atom is -0.381 e. The van der Waals surface area contributed by atoms with E-state index in [0.29, 0.717) is 11.5 Å². The van der Waals surface area contributed by atoms with Crippen molar-refractivity contribution in [3.63, 3.8) is 0 Å². The lowest BCUT2D eigenvalue weighted by atomic mass is 9.43. The van der Waals surface area contributed by atoms with Crippen LogP contribution in [0.4, 0.5) is 0 Å². The summed E-state index contributed by atoms with van der Waals surface area (Å²) in [6.45, 7) is 7.47. The number of rotatable bonds is 1. The van der Waals surface area contributed by atoms with E-state index in [0.717, 1.165) is 42.4 Å². The summed E-state index contributed by atoms with van der Waals surface area (Å²) in [5.41, 5.74) is 0.671. The predicted molar refractivity (Wildman–Crippen MR) is 96.2 cm³/mol. The van der Waals surface area contributed by atoms with Gasteiger partial charge in [-0.3, -0.25) is 0 Å². The van der Waals surface area contributed by atoms with Crippen LogP contribution in [0.2, 0.25) is 0 Å². The first-order valence-corrected chi connectivity index (χ1v) is 10.4. The molecule has 4 saturated carbocycles. The van der Waals surface area contributed by atoms with Crippen LogP contribution < -0.4 is 0 Å². The van der Waals surface area contributed by atoms with E-state index < -0.39 is 0 Å². The molecule has 0 aromatic heterocycles. The van der Waals surface area contributed by atoms with Crippen LogP contribution in [-0.2, 0) is 4.74 Å². The fourth-order valence-corrected chi connectivity index (χ4v) is 8.00. The molecule has 4 rings (SSSR count). The molecule has 2 heteroatoms. The number of methoxy groups -OCH3 is 1. The van der Waals surface area contributed by atoms with Crippen molar-refractivity contribution >= 4 is 0 Å². The summed E-state index contributed by atoms with van der Waals surface area (Å²) in [4.78, 5) is 0. The smallest absolute Gasteiger partial charge is 0.0661 e. The van der Waals surface area contributed by atoms with Gasteiger partial charge in [0.25, 0.3) is 0 Å². The molecule has 0 saturated heterocycles. The number of nitriles is 1. The van der Waals surface area contributed by atoms with Gasteiger partial charge in [0.05, 0.1) is 18.1 Å². The molecule has 24 heavy (non-hydrogen) atoms. The highest BCUT2D eigenvalue weighted by Crippen LogP contribution is 2.68. The molecule has 4 aliphatic rings. The molecule has 1 unspecified atom stereocenters. The van der Waals surface area contributed by atoms with Gasteiger partial charge in [0.2, 0.25) is 0 Å². The first-order valence-electron chi connectivity index (χ1n) is 10.4. The average Bonchev–Trinajstić information content (AvgIpc) is 2.90. The summed E-state index contributed by atoms with van der Waals surface area (Å²) >= 11 is 0. The normalized spacial score (nSPS) is 56.7. The molecule has 4 fully saturated rings. The minimum atomic E-state index is 0.196. The van der Waals surface area contributed by atoms with Crippen molar-refractivity contribution in [2.45, 2.75) is 78.2 Å². The molecule has 2 nitrogen and oxygen atoms in total. The molecule has 0 aromatic carbocycles. The summed E-state index contributed by atoms with van der Waals surface area (Å²) in [6.07, 6.45) is 10.9. The maximum absolute atomic E-state index is 9.70. The molecule has 0 aliphatic heterocycles. The van der Waals surface area contributed by atoms with Crippen LogP contribution >= 0.6 is 0 Å². The molecular formula is C22H35NO. The molecular weight excluding hydrogens is 294 g/mol. The van der Waals surface area contributed by atoms with E-state index in [1.54, 1.807) is 0 Å². The van der Waals surface area contributed by atoms with Crippen LogP contribution in [0.5, 0.6) is 0 Å². The summed E-state index contributed by atoms with van der Waals surface area (Å²) in [7, 11) is 1.93. The van der Waals surface area contributed by atoms with Crippen LogP contribution in [0.1, 0.15) is 72.1 Å². The number of hydrogen-bond acceptors (Lipinski definition) is 2. The van der Waals surface area contributed by atoms with E-state index in [4.69, 9.17) is 4.74 Å². The zero-order valence-electron chi connectivity index (χ0n) is 16.1. The summed E-state index contributed by atoms with van der Waals surface area (Å²) in [5.74, 6) is 4.33. The van der Waals surface area contributed by atoms with Gasteiger partial charge in [0, 0.05) is 7.11 Å². The van der Waals surface area contributed by atoms with Gasteiger partial charge in [-0.1, -0.05) is 27.2 Å². The molecule has 0 amide bonds. The van der Waals surface area contributed by atoms with Gasteiger partial charge in [0.15, 0.2) is 0 Å². The molecule has 0 spiro atoms. The van der Waals surface area contributed by atoms with E-state index >= 15 is 0 Å². The highest BCUT2D eigenvalue weighted by Gasteiger charge is 2.63. The lowest BCUT2D eigenvalue weighted by Crippen LogP contribution is -2.59. The lowest BCUT2D eigenvalue weighted by Gasteiger charge is -2.62. The van der Waals surface area contributed by atoms with Crippen molar-refractivity contribution in [3.8, 4) is 6.07 Å². The molecule has 134 valence electrons. The second-order valence-corrected chi connectivity index (χ2v) is 10.2. The molecule has 0 heterocycles. The second kappa shape index (κ2) is 5.73. The van der Waals surface area contributed by atoms with Crippen LogP contribution in [0.15, 0.2) is 0 Å². The van der Waals surface area contributed by atoms with Crippen LogP contribution in [-0.4, -0.2) is 13.2 Å². The van der Waals surface area contributed by atoms with E-state index in [9.17, 15) is 5.26 Å². The van der Waals surface area contributed by atoms with Crippen molar-refractivity contribution in [1.82, 2.24) is 0 Å². The monoisotopic (exact) mass is 329 g/mol.